The molecule has 1 aliphatic heterocycles. The van der Waals surface area contributed by atoms with Crippen LogP contribution in [0.2, 0.25) is 0 Å². The van der Waals surface area contributed by atoms with Crippen molar-refractivity contribution in [3.8, 4) is 0 Å². The largest absolute Gasteiger partial charge is 0.314 e. The number of hydrogen-bond donors (Lipinski definition) is 1. The Bertz CT molecular complexity index is 129. The van der Waals surface area contributed by atoms with Crippen LogP contribution in [0.25, 0.3) is 0 Å². The summed E-state index contributed by atoms with van der Waals surface area (Å²) < 4.78 is 0. The zero-order valence-electron chi connectivity index (χ0n) is 8.30. The molecule has 0 aromatic heterocycles. The number of nitrogens with zero attached hydrogens (tertiary/aromatic N) is 1. The molecule has 0 spiro atoms. The van der Waals surface area contributed by atoms with Crippen molar-refractivity contribution in [2.45, 2.75) is 31.7 Å². The van der Waals surface area contributed by atoms with Crippen LogP contribution in [0, 0.1) is 0 Å². The molecule has 1 N–H and O–H groups in total. The van der Waals surface area contributed by atoms with E-state index >= 15 is 0 Å². The van der Waals surface area contributed by atoms with E-state index in [2.05, 4.69) is 10.2 Å². The summed E-state index contributed by atoms with van der Waals surface area (Å²) in [5.74, 6) is 0. The summed E-state index contributed by atoms with van der Waals surface area (Å²) in [5.41, 5.74) is 0. The number of rotatable bonds is 1. The maximum atomic E-state index is 8.00. The van der Waals surface area contributed by atoms with Gasteiger partial charge in [-0.2, -0.15) is 0 Å². The summed E-state index contributed by atoms with van der Waals surface area (Å²) in [6, 6.07) is 0.942. The predicted molar refractivity (Wildman–Crippen MR) is 53.8 cm³/mol. The van der Waals surface area contributed by atoms with Crippen LogP contribution in [0.5, 0.6) is 0 Å². The Kier molecular flexibility index (Phi) is 5.01. The Labute approximate surface area is 80.5 Å². The van der Waals surface area contributed by atoms with Crippen LogP contribution in [-0.2, 0) is 4.79 Å². The third-order valence-corrected chi connectivity index (χ3v) is 2.99. The molecule has 2 fully saturated rings. The molecular formula is C10H20N2O. The summed E-state index contributed by atoms with van der Waals surface area (Å²) in [4.78, 5) is 10.7. The number of hydrogen-bond acceptors (Lipinski definition) is 3. The van der Waals surface area contributed by atoms with Crippen molar-refractivity contribution in [2.75, 3.05) is 26.2 Å². The SMILES string of the molecule is C1CCC(N2CCNCC2)C1.C=O. The summed E-state index contributed by atoms with van der Waals surface area (Å²) in [7, 11) is 0. The quantitative estimate of drug-likeness (QED) is 0.649. The van der Waals surface area contributed by atoms with Crippen LogP contribution in [-0.4, -0.2) is 43.9 Å². The summed E-state index contributed by atoms with van der Waals surface area (Å²) in [6.07, 6.45) is 5.85. The predicted octanol–water partition coefficient (Wildman–Crippen LogP) is 0.649. The first-order valence-electron chi connectivity index (χ1n) is 5.20. The molecule has 3 nitrogen and oxygen atoms in total. The minimum atomic E-state index is 0.942. The van der Waals surface area contributed by atoms with Crippen LogP contribution in [0.4, 0.5) is 0 Å². The Hall–Kier alpha value is -0.410. The lowest BCUT2D eigenvalue weighted by Gasteiger charge is -2.32. The van der Waals surface area contributed by atoms with Gasteiger partial charge in [0.2, 0.25) is 0 Å². The number of carbonyl (C=O) groups excluding carboxylic acids is 1. The molecule has 1 saturated heterocycles. The molecule has 1 heterocycles. The van der Waals surface area contributed by atoms with Gasteiger partial charge in [0.25, 0.3) is 0 Å². The minimum Gasteiger partial charge on any atom is -0.314 e. The fourth-order valence-corrected chi connectivity index (χ4v) is 2.32. The monoisotopic (exact) mass is 184 g/mol. The molecule has 0 unspecified atom stereocenters. The molecule has 0 radical (unpaired) electrons. The standard InChI is InChI=1S/C9H18N2.CH2O/c1-2-4-9(3-1)11-7-5-10-6-8-11;1-2/h9-10H,1-8H2;1H2. The number of nitrogens with one attached hydrogen (secondary N) is 1. The Balaban J connectivity index is 0.000000396. The normalized spacial score (nSPS) is 25.2. The second-order valence-electron chi connectivity index (χ2n) is 3.72. The van der Waals surface area contributed by atoms with E-state index in [-0.39, 0.29) is 0 Å². The molecule has 13 heavy (non-hydrogen) atoms. The first kappa shape index (κ1) is 10.7. The third-order valence-electron chi connectivity index (χ3n) is 2.99. The molecule has 0 aromatic carbocycles. The van der Waals surface area contributed by atoms with E-state index in [0.29, 0.717) is 0 Å². The minimum absolute atomic E-state index is 0.942. The molecule has 2 aliphatic rings. The molecule has 1 saturated carbocycles. The Morgan fingerprint density at radius 3 is 2.15 bits per heavy atom. The average Bonchev–Trinajstić information content (AvgIpc) is 2.75. The smallest absolute Gasteiger partial charge is 0.106 e. The van der Waals surface area contributed by atoms with Gasteiger partial charge in [-0.25, -0.2) is 0 Å². The summed E-state index contributed by atoms with van der Waals surface area (Å²) >= 11 is 0. The summed E-state index contributed by atoms with van der Waals surface area (Å²) in [6.45, 7) is 6.97. The van der Waals surface area contributed by atoms with Crippen LogP contribution < -0.4 is 5.32 Å². The molecule has 0 atom stereocenters. The lowest BCUT2D eigenvalue weighted by molar-refractivity contribution is -0.0979. The molecule has 1 aliphatic carbocycles. The highest BCUT2D eigenvalue weighted by Gasteiger charge is 2.22. The Morgan fingerprint density at radius 1 is 1.08 bits per heavy atom. The molecular weight excluding hydrogens is 164 g/mol. The Morgan fingerprint density at radius 2 is 1.62 bits per heavy atom. The highest BCUT2D eigenvalue weighted by molar-refractivity contribution is 5.10. The molecule has 0 amide bonds. The maximum Gasteiger partial charge on any atom is 0.106 e. The van der Waals surface area contributed by atoms with Crippen LogP contribution in [0.1, 0.15) is 25.7 Å². The molecule has 3 heteroatoms. The highest BCUT2D eigenvalue weighted by atomic mass is 16.1. The van der Waals surface area contributed by atoms with Gasteiger partial charge in [0.05, 0.1) is 0 Å². The van der Waals surface area contributed by atoms with Crippen molar-refractivity contribution in [2.24, 2.45) is 0 Å². The fourth-order valence-electron chi connectivity index (χ4n) is 2.32. The maximum absolute atomic E-state index is 8.00. The van der Waals surface area contributed by atoms with E-state index in [1.54, 1.807) is 0 Å². The first-order valence-corrected chi connectivity index (χ1v) is 5.20. The second-order valence-corrected chi connectivity index (χ2v) is 3.72. The molecule has 2 rings (SSSR count). The van der Waals surface area contributed by atoms with Gasteiger partial charge in [0.1, 0.15) is 6.79 Å². The molecule has 76 valence electrons. The van der Waals surface area contributed by atoms with Crippen LogP contribution in [0.3, 0.4) is 0 Å². The molecule has 0 aromatic rings. The van der Waals surface area contributed by atoms with Gasteiger partial charge in [-0.1, -0.05) is 12.8 Å². The lowest BCUT2D eigenvalue weighted by atomic mass is 10.2. The van der Waals surface area contributed by atoms with Gasteiger partial charge >= 0.3 is 0 Å². The van der Waals surface area contributed by atoms with Crippen molar-refractivity contribution >= 4 is 6.79 Å². The van der Waals surface area contributed by atoms with E-state index < -0.39 is 0 Å². The van der Waals surface area contributed by atoms with Gasteiger partial charge in [-0.05, 0) is 12.8 Å². The first-order chi connectivity index (χ1) is 6.47. The zero-order chi connectivity index (χ0) is 9.52. The van der Waals surface area contributed by atoms with Gasteiger partial charge in [0, 0.05) is 32.2 Å². The van der Waals surface area contributed by atoms with E-state index in [9.17, 15) is 0 Å². The van der Waals surface area contributed by atoms with Gasteiger partial charge in [-0.3, -0.25) is 4.90 Å². The van der Waals surface area contributed by atoms with E-state index in [4.69, 9.17) is 4.79 Å². The van der Waals surface area contributed by atoms with Crippen LogP contribution >= 0.6 is 0 Å². The third kappa shape index (κ3) is 3.08. The van der Waals surface area contributed by atoms with Crippen molar-refractivity contribution in [3.63, 3.8) is 0 Å². The second kappa shape index (κ2) is 6.11. The lowest BCUT2D eigenvalue weighted by Crippen LogP contribution is -2.47. The topological polar surface area (TPSA) is 32.3 Å². The number of piperazine rings is 1. The average molecular weight is 184 g/mol. The molecule has 0 bridgehead atoms. The van der Waals surface area contributed by atoms with E-state index in [0.717, 1.165) is 6.04 Å². The van der Waals surface area contributed by atoms with Crippen molar-refractivity contribution in [1.29, 1.82) is 0 Å². The summed E-state index contributed by atoms with van der Waals surface area (Å²) in [5, 5.41) is 3.40. The van der Waals surface area contributed by atoms with Crippen molar-refractivity contribution < 1.29 is 4.79 Å². The van der Waals surface area contributed by atoms with Gasteiger partial charge < -0.3 is 10.1 Å². The van der Waals surface area contributed by atoms with Crippen molar-refractivity contribution in [1.82, 2.24) is 10.2 Å². The van der Waals surface area contributed by atoms with Crippen molar-refractivity contribution in [3.05, 3.63) is 0 Å². The van der Waals surface area contributed by atoms with Gasteiger partial charge in [-0.15, -0.1) is 0 Å². The van der Waals surface area contributed by atoms with Gasteiger partial charge in [0.15, 0.2) is 0 Å². The number of carbonyl (C=O) groups is 1. The fraction of sp³-hybridized carbons (Fsp3) is 0.900. The zero-order valence-corrected chi connectivity index (χ0v) is 8.30. The highest BCUT2D eigenvalue weighted by Crippen LogP contribution is 2.23. The van der Waals surface area contributed by atoms with Crippen LogP contribution in [0.15, 0.2) is 0 Å². The van der Waals surface area contributed by atoms with E-state index in [1.807, 2.05) is 6.79 Å². The van der Waals surface area contributed by atoms with E-state index in [1.165, 1.54) is 51.9 Å².